The Kier molecular flexibility index (Phi) is 2.76. The molecule has 1 aromatic carbocycles. The second-order valence-electron chi connectivity index (χ2n) is 4.30. The van der Waals surface area contributed by atoms with Gasteiger partial charge in [0.2, 0.25) is 0 Å². The lowest BCUT2D eigenvalue weighted by Gasteiger charge is -2.41. The predicted molar refractivity (Wildman–Crippen MR) is 57.5 cm³/mol. The molecule has 15 heavy (non-hydrogen) atoms. The molecule has 1 saturated heterocycles. The summed E-state index contributed by atoms with van der Waals surface area (Å²) in [6, 6.07) is 5.15. The fourth-order valence-electron chi connectivity index (χ4n) is 2.03. The van der Waals surface area contributed by atoms with Gasteiger partial charge in [-0.2, -0.15) is 0 Å². The number of hydrogen-bond acceptors (Lipinski definition) is 2. The van der Waals surface area contributed by atoms with E-state index in [-0.39, 0.29) is 11.4 Å². The molecule has 1 aromatic rings. The maximum atomic E-state index is 13.2. The standard InChI is InChI=1S/C12H16FNO/c1-9-3-10(5-11(13)4-9)6-12(15-2)7-14-8-12/h3-5,14H,6-8H2,1-2H3. The van der Waals surface area contributed by atoms with E-state index in [2.05, 4.69) is 5.32 Å². The average Bonchev–Trinajstić information content (AvgIpc) is 2.10. The summed E-state index contributed by atoms with van der Waals surface area (Å²) in [7, 11) is 1.72. The van der Waals surface area contributed by atoms with E-state index in [0.29, 0.717) is 0 Å². The number of nitrogens with one attached hydrogen (secondary N) is 1. The highest BCUT2D eigenvalue weighted by molar-refractivity contribution is 5.26. The highest BCUT2D eigenvalue weighted by Crippen LogP contribution is 2.22. The van der Waals surface area contributed by atoms with E-state index >= 15 is 0 Å². The third-order valence-electron chi connectivity index (χ3n) is 2.96. The van der Waals surface area contributed by atoms with Crippen LogP contribution in [0.25, 0.3) is 0 Å². The van der Waals surface area contributed by atoms with Crippen LogP contribution >= 0.6 is 0 Å². The molecule has 3 heteroatoms. The van der Waals surface area contributed by atoms with Gasteiger partial charge < -0.3 is 10.1 Å². The molecular formula is C12H16FNO. The summed E-state index contributed by atoms with van der Waals surface area (Å²) < 4.78 is 18.6. The van der Waals surface area contributed by atoms with Crippen LogP contribution in [0.2, 0.25) is 0 Å². The maximum absolute atomic E-state index is 13.2. The van der Waals surface area contributed by atoms with Gasteiger partial charge in [-0.25, -0.2) is 4.39 Å². The first-order valence-electron chi connectivity index (χ1n) is 5.15. The van der Waals surface area contributed by atoms with Gasteiger partial charge in [0.15, 0.2) is 0 Å². The summed E-state index contributed by atoms with van der Waals surface area (Å²) in [5.74, 6) is -0.163. The Hall–Kier alpha value is -0.930. The zero-order valence-corrected chi connectivity index (χ0v) is 9.14. The molecule has 2 nitrogen and oxygen atoms in total. The van der Waals surface area contributed by atoms with Crippen LogP contribution < -0.4 is 5.32 Å². The molecule has 0 bridgehead atoms. The van der Waals surface area contributed by atoms with Gasteiger partial charge in [0.05, 0.1) is 5.60 Å². The molecule has 0 aromatic heterocycles. The molecule has 1 aliphatic rings. The molecule has 0 atom stereocenters. The topological polar surface area (TPSA) is 21.3 Å². The Bertz CT molecular complexity index is 335. The van der Waals surface area contributed by atoms with Crippen molar-refractivity contribution in [3.05, 3.63) is 35.1 Å². The number of methoxy groups -OCH3 is 1. The van der Waals surface area contributed by atoms with E-state index < -0.39 is 0 Å². The lowest BCUT2D eigenvalue weighted by atomic mass is 9.88. The van der Waals surface area contributed by atoms with E-state index in [9.17, 15) is 4.39 Å². The number of rotatable bonds is 3. The molecule has 0 radical (unpaired) electrons. The highest BCUT2D eigenvalue weighted by atomic mass is 19.1. The molecule has 0 aliphatic carbocycles. The summed E-state index contributed by atoms with van der Waals surface area (Å²) in [5.41, 5.74) is 1.85. The maximum Gasteiger partial charge on any atom is 0.123 e. The third kappa shape index (κ3) is 2.19. The zero-order valence-electron chi connectivity index (χ0n) is 9.14. The van der Waals surface area contributed by atoms with E-state index in [1.165, 1.54) is 0 Å². The molecule has 1 aliphatic heterocycles. The van der Waals surface area contributed by atoms with Crippen molar-refractivity contribution in [1.29, 1.82) is 0 Å². The zero-order chi connectivity index (χ0) is 10.9. The largest absolute Gasteiger partial charge is 0.375 e. The van der Waals surface area contributed by atoms with Crippen molar-refractivity contribution in [2.75, 3.05) is 20.2 Å². The van der Waals surface area contributed by atoms with E-state index in [1.807, 2.05) is 13.0 Å². The summed E-state index contributed by atoms with van der Waals surface area (Å²) in [6.07, 6.45) is 0.773. The first-order chi connectivity index (χ1) is 7.13. The van der Waals surface area contributed by atoms with Crippen molar-refractivity contribution < 1.29 is 9.13 Å². The first kappa shape index (κ1) is 10.6. The Morgan fingerprint density at radius 2 is 2.13 bits per heavy atom. The second-order valence-corrected chi connectivity index (χ2v) is 4.30. The van der Waals surface area contributed by atoms with Crippen LogP contribution in [0.3, 0.4) is 0 Å². The smallest absolute Gasteiger partial charge is 0.123 e. The molecule has 1 fully saturated rings. The van der Waals surface area contributed by atoms with E-state index in [4.69, 9.17) is 4.74 Å². The normalized spacial score (nSPS) is 18.6. The lowest BCUT2D eigenvalue weighted by molar-refractivity contribution is -0.0502. The second kappa shape index (κ2) is 3.91. The van der Waals surface area contributed by atoms with Crippen molar-refractivity contribution in [2.45, 2.75) is 18.9 Å². The van der Waals surface area contributed by atoms with Crippen LogP contribution in [0.5, 0.6) is 0 Å². The fraction of sp³-hybridized carbons (Fsp3) is 0.500. The number of hydrogen-bond donors (Lipinski definition) is 1. The number of ether oxygens (including phenoxy) is 1. The Morgan fingerprint density at radius 3 is 2.60 bits per heavy atom. The molecule has 2 rings (SSSR count). The van der Waals surface area contributed by atoms with Gasteiger partial charge in [-0.1, -0.05) is 6.07 Å². The van der Waals surface area contributed by atoms with Crippen LogP contribution in [0.15, 0.2) is 18.2 Å². The van der Waals surface area contributed by atoms with Gasteiger partial charge in [-0.05, 0) is 30.2 Å². The summed E-state index contributed by atoms with van der Waals surface area (Å²) >= 11 is 0. The molecule has 0 amide bonds. The summed E-state index contributed by atoms with van der Waals surface area (Å²) in [6.45, 7) is 3.60. The van der Waals surface area contributed by atoms with Crippen molar-refractivity contribution in [2.24, 2.45) is 0 Å². The third-order valence-corrected chi connectivity index (χ3v) is 2.96. The highest BCUT2D eigenvalue weighted by Gasteiger charge is 2.36. The van der Waals surface area contributed by atoms with Gasteiger partial charge in [-0.3, -0.25) is 0 Å². The average molecular weight is 209 g/mol. The first-order valence-corrected chi connectivity index (χ1v) is 5.15. The monoisotopic (exact) mass is 209 g/mol. The van der Waals surface area contributed by atoms with Crippen LogP contribution in [0, 0.1) is 12.7 Å². The quantitative estimate of drug-likeness (QED) is 0.817. The Labute approximate surface area is 89.4 Å². The van der Waals surface area contributed by atoms with Crippen LogP contribution in [0.1, 0.15) is 11.1 Å². The van der Waals surface area contributed by atoms with E-state index in [1.54, 1.807) is 19.2 Å². The predicted octanol–water partition coefficient (Wildman–Crippen LogP) is 1.67. The number of benzene rings is 1. The SMILES string of the molecule is COC1(Cc2cc(C)cc(F)c2)CNC1. The fourth-order valence-corrected chi connectivity index (χ4v) is 2.03. The lowest BCUT2D eigenvalue weighted by Crippen LogP contribution is -2.61. The summed E-state index contributed by atoms with van der Waals surface area (Å²) in [5, 5.41) is 3.18. The Balaban J connectivity index is 2.16. The van der Waals surface area contributed by atoms with Crippen molar-refractivity contribution in [1.82, 2.24) is 5.32 Å². The van der Waals surface area contributed by atoms with Gasteiger partial charge in [0, 0.05) is 26.6 Å². The van der Waals surface area contributed by atoms with Crippen molar-refractivity contribution in [3.63, 3.8) is 0 Å². The van der Waals surface area contributed by atoms with E-state index in [0.717, 1.165) is 30.6 Å². The minimum atomic E-state index is -0.163. The Morgan fingerprint density at radius 1 is 1.40 bits per heavy atom. The van der Waals surface area contributed by atoms with Gasteiger partial charge >= 0.3 is 0 Å². The van der Waals surface area contributed by atoms with Crippen molar-refractivity contribution in [3.8, 4) is 0 Å². The van der Waals surface area contributed by atoms with Gasteiger partial charge in [0.25, 0.3) is 0 Å². The number of aryl methyl sites for hydroxylation is 1. The summed E-state index contributed by atoms with van der Waals surface area (Å²) in [4.78, 5) is 0. The van der Waals surface area contributed by atoms with Crippen LogP contribution in [0.4, 0.5) is 4.39 Å². The molecule has 0 unspecified atom stereocenters. The molecule has 0 spiro atoms. The molecule has 1 heterocycles. The molecule has 0 saturated carbocycles. The molecule has 1 N–H and O–H groups in total. The van der Waals surface area contributed by atoms with Crippen LogP contribution in [-0.4, -0.2) is 25.8 Å². The van der Waals surface area contributed by atoms with Crippen LogP contribution in [-0.2, 0) is 11.2 Å². The van der Waals surface area contributed by atoms with Gasteiger partial charge in [0.1, 0.15) is 5.82 Å². The minimum absolute atomic E-state index is 0.125. The number of halogens is 1. The molecular weight excluding hydrogens is 193 g/mol. The molecule has 82 valence electrons. The minimum Gasteiger partial charge on any atom is -0.375 e. The van der Waals surface area contributed by atoms with Gasteiger partial charge in [-0.15, -0.1) is 0 Å². The van der Waals surface area contributed by atoms with Crippen molar-refractivity contribution >= 4 is 0 Å².